The van der Waals surface area contributed by atoms with Crippen LogP contribution in [-0.4, -0.2) is 24.3 Å². The highest BCUT2D eigenvalue weighted by atomic mass is 16.5. The molecule has 1 saturated carbocycles. The first kappa shape index (κ1) is 14.5. The maximum absolute atomic E-state index is 11.4. The largest absolute Gasteiger partial charge is 0.481 e. The molecular formula is C14H26O3. The molecule has 1 aliphatic carbocycles. The minimum absolute atomic E-state index is 0.388. The lowest BCUT2D eigenvalue weighted by molar-refractivity contribution is -0.156. The molecule has 0 aromatic carbocycles. The van der Waals surface area contributed by atoms with Crippen LogP contribution < -0.4 is 0 Å². The normalized spacial score (nSPS) is 29.2. The molecule has 3 heteroatoms. The van der Waals surface area contributed by atoms with Gasteiger partial charge in [0.15, 0.2) is 0 Å². The molecule has 0 bridgehead atoms. The Bertz CT molecular complexity index is 230. The number of carbonyl (C=O) groups is 1. The van der Waals surface area contributed by atoms with E-state index in [1.165, 1.54) is 19.3 Å². The third kappa shape index (κ3) is 3.98. The van der Waals surface area contributed by atoms with Crippen LogP contribution in [0, 0.1) is 11.3 Å². The molecule has 17 heavy (non-hydrogen) atoms. The molecule has 0 spiro atoms. The average Bonchev–Trinajstić information content (AvgIpc) is 2.35. The summed E-state index contributed by atoms with van der Waals surface area (Å²) < 4.78 is 5.37. The van der Waals surface area contributed by atoms with E-state index in [-0.39, 0.29) is 0 Å². The van der Waals surface area contributed by atoms with Crippen LogP contribution in [0.1, 0.15) is 58.8 Å². The number of hydrogen-bond donors (Lipinski definition) is 1. The number of rotatable bonds is 7. The van der Waals surface area contributed by atoms with Gasteiger partial charge in [-0.15, -0.1) is 0 Å². The highest BCUT2D eigenvalue weighted by molar-refractivity contribution is 5.74. The van der Waals surface area contributed by atoms with Crippen LogP contribution in [0.5, 0.6) is 0 Å². The highest BCUT2D eigenvalue weighted by Gasteiger charge is 2.41. The van der Waals surface area contributed by atoms with Crippen LogP contribution in [0.25, 0.3) is 0 Å². The van der Waals surface area contributed by atoms with Crippen molar-refractivity contribution in [3.05, 3.63) is 0 Å². The Balaban J connectivity index is 2.46. The second-order valence-electron chi connectivity index (χ2n) is 5.31. The smallest absolute Gasteiger partial charge is 0.311 e. The zero-order valence-electron chi connectivity index (χ0n) is 11.2. The molecule has 0 atom stereocenters. The summed E-state index contributed by atoms with van der Waals surface area (Å²) in [5.74, 6) is 0.0731. The third-order valence-corrected chi connectivity index (χ3v) is 4.06. The van der Waals surface area contributed by atoms with Crippen molar-refractivity contribution < 1.29 is 14.6 Å². The molecule has 0 aromatic heterocycles. The van der Waals surface area contributed by atoms with Crippen molar-refractivity contribution >= 4 is 5.97 Å². The zero-order chi connectivity index (χ0) is 12.7. The van der Waals surface area contributed by atoms with Crippen molar-refractivity contribution in [2.75, 3.05) is 13.2 Å². The van der Waals surface area contributed by atoms with Crippen molar-refractivity contribution in [3.63, 3.8) is 0 Å². The van der Waals surface area contributed by atoms with Gasteiger partial charge in [-0.2, -0.15) is 0 Å². The number of hydrogen-bond acceptors (Lipinski definition) is 2. The Morgan fingerprint density at radius 1 is 1.35 bits per heavy atom. The lowest BCUT2D eigenvalue weighted by Crippen LogP contribution is -2.39. The third-order valence-electron chi connectivity index (χ3n) is 4.06. The van der Waals surface area contributed by atoms with E-state index in [2.05, 4.69) is 6.92 Å². The van der Waals surface area contributed by atoms with E-state index in [9.17, 15) is 9.90 Å². The second-order valence-corrected chi connectivity index (χ2v) is 5.31. The van der Waals surface area contributed by atoms with Gasteiger partial charge < -0.3 is 9.84 Å². The number of aliphatic carboxylic acids is 1. The Labute approximate surface area is 105 Å². The van der Waals surface area contributed by atoms with Gasteiger partial charge in [0.05, 0.1) is 12.0 Å². The summed E-state index contributed by atoms with van der Waals surface area (Å²) in [6, 6.07) is 0. The van der Waals surface area contributed by atoms with Gasteiger partial charge in [-0.25, -0.2) is 0 Å². The summed E-state index contributed by atoms with van der Waals surface area (Å²) in [7, 11) is 0. The Kier molecular flexibility index (Phi) is 5.96. The van der Waals surface area contributed by atoms with E-state index in [1.807, 2.05) is 6.92 Å². The van der Waals surface area contributed by atoms with Gasteiger partial charge >= 0.3 is 5.97 Å². The van der Waals surface area contributed by atoms with Crippen molar-refractivity contribution in [2.45, 2.75) is 58.8 Å². The fourth-order valence-corrected chi connectivity index (χ4v) is 2.73. The minimum atomic E-state index is -0.667. The number of carboxylic acids is 1. The van der Waals surface area contributed by atoms with Crippen LogP contribution >= 0.6 is 0 Å². The number of carboxylic acid groups (broad SMARTS) is 1. The summed E-state index contributed by atoms with van der Waals surface area (Å²) >= 11 is 0. The van der Waals surface area contributed by atoms with Crippen LogP contribution in [0.4, 0.5) is 0 Å². The lowest BCUT2D eigenvalue weighted by Gasteiger charge is -2.36. The van der Waals surface area contributed by atoms with Crippen LogP contribution in [0.2, 0.25) is 0 Å². The summed E-state index contributed by atoms with van der Waals surface area (Å²) in [4.78, 5) is 11.4. The van der Waals surface area contributed by atoms with Crippen molar-refractivity contribution in [1.29, 1.82) is 0 Å². The van der Waals surface area contributed by atoms with Crippen LogP contribution in [0.3, 0.4) is 0 Å². The maximum Gasteiger partial charge on any atom is 0.311 e. The monoisotopic (exact) mass is 242 g/mol. The van der Waals surface area contributed by atoms with Gasteiger partial charge in [-0.3, -0.25) is 4.79 Å². The SMILES string of the molecule is CCCCC1CCC(COCC)(C(=O)O)CC1. The van der Waals surface area contributed by atoms with E-state index in [1.54, 1.807) is 0 Å². The molecule has 0 aliphatic heterocycles. The van der Waals surface area contributed by atoms with E-state index < -0.39 is 11.4 Å². The molecule has 0 unspecified atom stereocenters. The van der Waals surface area contributed by atoms with E-state index in [4.69, 9.17) is 4.74 Å². The molecule has 0 aromatic rings. The maximum atomic E-state index is 11.4. The van der Waals surface area contributed by atoms with Gasteiger partial charge in [0.25, 0.3) is 0 Å². The second kappa shape index (κ2) is 7.00. The molecule has 1 rings (SSSR count). The van der Waals surface area contributed by atoms with Gasteiger partial charge in [-0.05, 0) is 38.5 Å². The molecule has 3 nitrogen and oxygen atoms in total. The summed E-state index contributed by atoms with van der Waals surface area (Å²) in [5.41, 5.74) is -0.598. The molecular weight excluding hydrogens is 216 g/mol. The molecule has 100 valence electrons. The highest BCUT2D eigenvalue weighted by Crippen LogP contribution is 2.41. The summed E-state index contributed by atoms with van der Waals surface area (Å²) in [6.45, 7) is 5.12. The van der Waals surface area contributed by atoms with E-state index in [0.717, 1.165) is 31.6 Å². The molecule has 1 aliphatic rings. The predicted octanol–water partition coefficient (Wildman–Crippen LogP) is 3.47. The van der Waals surface area contributed by atoms with Crippen molar-refractivity contribution in [1.82, 2.24) is 0 Å². The van der Waals surface area contributed by atoms with Crippen LogP contribution in [0.15, 0.2) is 0 Å². The van der Waals surface area contributed by atoms with Crippen molar-refractivity contribution in [3.8, 4) is 0 Å². The first-order valence-electron chi connectivity index (χ1n) is 6.95. The minimum Gasteiger partial charge on any atom is -0.481 e. The zero-order valence-corrected chi connectivity index (χ0v) is 11.2. The molecule has 0 heterocycles. The fraction of sp³-hybridized carbons (Fsp3) is 0.929. The Morgan fingerprint density at radius 3 is 2.47 bits per heavy atom. The Morgan fingerprint density at radius 2 is 2.00 bits per heavy atom. The topological polar surface area (TPSA) is 46.5 Å². The first-order chi connectivity index (χ1) is 8.14. The molecule has 0 amide bonds. The standard InChI is InChI=1S/C14H26O3/c1-3-5-6-12-7-9-14(10-8-12,13(15)16)11-17-4-2/h12H,3-11H2,1-2H3,(H,15,16). The van der Waals surface area contributed by atoms with Gasteiger partial charge in [0, 0.05) is 6.61 Å². The fourth-order valence-electron chi connectivity index (χ4n) is 2.73. The first-order valence-corrected chi connectivity index (χ1v) is 6.95. The lowest BCUT2D eigenvalue weighted by atomic mass is 9.70. The van der Waals surface area contributed by atoms with E-state index >= 15 is 0 Å². The summed E-state index contributed by atoms with van der Waals surface area (Å²) in [5, 5.41) is 9.40. The molecule has 0 saturated heterocycles. The summed E-state index contributed by atoms with van der Waals surface area (Å²) in [6.07, 6.45) is 7.46. The van der Waals surface area contributed by atoms with E-state index in [0.29, 0.717) is 13.2 Å². The molecule has 1 N–H and O–H groups in total. The number of unbranched alkanes of at least 4 members (excludes halogenated alkanes) is 1. The Hall–Kier alpha value is -0.570. The van der Waals surface area contributed by atoms with Gasteiger partial charge in [0.2, 0.25) is 0 Å². The van der Waals surface area contributed by atoms with Gasteiger partial charge in [-0.1, -0.05) is 26.2 Å². The predicted molar refractivity (Wildman–Crippen MR) is 68.0 cm³/mol. The van der Waals surface area contributed by atoms with Crippen LogP contribution in [-0.2, 0) is 9.53 Å². The molecule has 1 fully saturated rings. The van der Waals surface area contributed by atoms with Crippen molar-refractivity contribution in [2.24, 2.45) is 11.3 Å². The average molecular weight is 242 g/mol. The quantitative estimate of drug-likeness (QED) is 0.743. The van der Waals surface area contributed by atoms with Gasteiger partial charge in [0.1, 0.15) is 0 Å². The number of ether oxygens (including phenoxy) is 1. The molecule has 0 radical (unpaired) electrons.